The molecule has 3 N–H and O–H groups in total. The molecule has 1 aromatic heterocycles. The van der Waals surface area contributed by atoms with E-state index in [1.807, 2.05) is 48.7 Å². The van der Waals surface area contributed by atoms with Crippen LogP contribution in [0.4, 0.5) is 11.4 Å². The maximum absolute atomic E-state index is 12.9. The van der Waals surface area contributed by atoms with Gasteiger partial charge in [-0.05, 0) is 36.2 Å². The summed E-state index contributed by atoms with van der Waals surface area (Å²) < 4.78 is 0. The fourth-order valence-electron chi connectivity index (χ4n) is 3.11. The zero-order chi connectivity index (χ0) is 14.4. The molecule has 1 aliphatic rings. The summed E-state index contributed by atoms with van der Waals surface area (Å²) in [7, 11) is 0. The second kappa shape index (κ2) is 4.38. The van der Waals surface area contributed by atoms with Gasteiger partial charge in [-0.25, -0.2) is 0 Å². The Morgan fingerprint density at radius 2 is 2.00 bits per heavy atom. The van der Waals surface area contributed by atoms with E-state index < -0.39 is 0 Å². The molecule has 2 heterocycles. The number of carbonyl (C=O) groups excluding carboxylic acids is 1. The van der Waals surface area contributed by atoms with Crippen LogP contribution >= 0.6 is 0 Å². The van der Waals surface area contributed by atoms with Crippen molar-refractivity contribution in [3.63, 3.8) is 0 Å². The van der Waals surface area contributed by atoms with Crippen LogP contribution in [0.3, 0.4) is 0 Å². The van der Waals surface area contributed by atoms with Gasteiger partial charge >= 0.3 is 0 Å². The molecule has 0 atom stereocenters. The zero-order valence-corrected chi connectivity index (χ0v) is 11.5. The Labute approximate surface area is 122 Å². The molecule has 4 heteroatoms. The second-order valence-corrected chi connectivity index (χ2v) is 5.31. The molecule has 104 valence electrons. The molecule has 4 rings (SSSR count). The van der Waals surface area contributed by atoms with E-state index in [1.54, 1.807) is 4.90 Å². The first-order chi connectivity index (χ1) is 10.3. The van der Waals surface area contributed by atoms with Crippen LogP contribution in [0.5, 0.6) is 0 Å². The summed E-state index contributed by atoms with van der Waals surface area (Å²) in [6, 6.07) is 13.5. The van der Waals surface area contributed by atoms with Crippen LogP contribution in [0.15, 0.2) is 48.7 Å². The minimum Gasteiger partial charge on any atom is -0.397 e. The van der Waals surface area contributed by atoms with Gasteiger partial charge in [0.15, 0.2) is 0 Å². The van der Waals surface area contributed by atoms with Crippen LogP contribution in [0, 0.1) is 0 Å². The standard InChI is InChI=1S/C17H15N3O/c18-14-5-1-3-11-8-10-20(16(11)14)17(21)13-4-2-6-15-12(13)7-9-19-15/h1-7,9,19H,8,10,18H2. The molecular weight excluding hydrogens is 262 g/mol. The zero-order valence-electron chi connectivity index (χ0n) is 11.5. The minimum atomic E-state index is 0.0110. The quantitative estimate of drug-likeness (QED) is 0.672. The average Bonchev–Trinajstić information content (AvgIpc) is 3.13. The average molecular weight is 277 g/mol. The highest BCUT2D eigenvalue weighted by atomic mass is 16.2. The van der Waals surface area contributed by atoms with Crippen molar-refractivity contribution in [2.45, 2.75) is 6.42 Å². The molecule has 2 aromatic carbocycles. The number of fused-ring (bicyclic) bond motifs is 2. The summed E-state index contributed by atoms with van der Waals surface area (Å²) in [5, 5.41) is 0.949. The molecule has 1 aliphatic heterocycles. The summed E-state index contributed by atoms with van der Waals surface area (Å²) in [4.78, 5) is 17.9. The maximum atomic E-state index is 12.9. The van der Waals surface area contributed by atoms with Gasteiger partial charge in [-0.3, -0.25) is 4.79 Å². The predicted molar refractivity (Wildman–Crippen MR) is 84.5 cm³/mol. The smallest absolute Gasteiger partial charge is 0.259 e. The van der Waals surface area contributed by atoms with E-state index in [4.69, 9.17) is 5.73 Å². The topological polar surface area (TPSA) is 62.1 Å². The number of nitrogens with two attached hydrogens (primary N) is 1. The van der Waals surface area contributed by atoms with E-state index in [0.29, 0.717) is 17.8 Å². The third-order valence-corrected chi connectivity index (χ3v) is 4.10. The van der Waals surface area contributed by atoms with Crippen LogP contribution in [0.25, 0.3) is 10.9 Å². The number of H-pyrrole nitrogens is 1. The normalized spacial score (nSPS) is 13.6. The lowest BCUT2D eigenvalue weighted by Gasteiger charge is -2.19. The summed E-state index contributed by atoms with van der Waals surface area (Å²) in [6.07, 6.45) is 2.71. The highest BCUT2D eigenvalue weighted by molar-refractivity contribution is 6.15. The van der Waals surface area contributed by atoms with Gasteiger partial charge in [0.25, 0.3) is 5.91 Å². The van der Waals surface area contributed by atoms with Gasteiger partial charge in [0.05, 0.1) is 11.4 Å². The number of nitrogen functional groups attached to an aromatic ring is 1. The number of rotatable bonds is 1. The number of nitrogens with one attached hydrogen (secondary N) is 1. The Morgan fingerprint density at radius 1 is 1.14 bits per heavy atom. The van der Waals surface area contributed by atoms with Crippen molar-refractivity contribution in [1.29, 1.82) is 0 Å². The van der Waals surface area contributed by atoms with E-state index in [-0.39, 0.29) is 5.91 Å². The van der Waals surface area contributed by atoms with Crippen molar-refractivity contribution in [2.24, 2.45) is 0 Å². The number of hydrogen-bond acceptors (Lipinski definition) is 2. The van der Waals surface area contributed by atoms with Crippen LogP contribution in [0.2, 0.25) is 0 Å². The third-order valence-electron chi connectivity index (χ3n) is 4.10. The van der Waals surface area contributed by atoms with Crippen molar-refractivity contribution in [2.75, 3.05) is 17.2 Å². The number of benzene rings is 2. The number of carbonyl (C=O) groups is 1. The van der Waals surface area contributed by atoms with Crippen molar-refractivity contribution in [1.82, 2.24) is 4.98 Å². The van der Waals surface area contributed by atoms with E-state index in [9.17, 15) is 4.79 Å². The summed E-state index contributed by atoms with van der Waals surface area (Å²) in [5.74, 6) is 0.0110. The summed E-state index contributed by atoms with van der Waals surface area (Å²) in [5.41, 5.74) is 10.4. The molecular formula is C17H15N3O. The van der Waals surface area contributed by atoms with Crippen LogP contribution in [-0.2, 0) is 6.42 Å². The molecule has 0 spiro atoms. The number of anilines is 2. The molecule has 4 nitrogen and oxygen atoms in total. The maximum Gasteiger partial charge on any atom is 0.259 e. The Kier molecular flexibility index (Phi) is 2.51. The number of hydrogen-bond donors (Lipinski definition) is 2. The molecule has 0 aliphatic carbocycles. The highest BCUT2D eigenvalue weighted by Crippen LogP contribution is 2.35. The number of amides is 1. The van der Waals surface area contributed by atoms with Crippen molar-refractivity contribution in [3.8, 4) is 0 Å². The third kappa shape index (κ3) is 1.72. The lowest BCUT2D eigenvalue weighted by molar-refractivity contribution is 0.0991. The van der Waals surface area contributed by atoms with Crippen molar-refractivity contribution in [3.05, 3.63) is 59.8 Å². The van der Waals surface area contributed by atoms with Gasteiger partial charge in [-0.1, -0.05) is 18.2 Å². The van der Waals surface area contributed by atoms with E-state index in [0.717, 1.165) is 28.6 Å². The van der Waals surface area contributed by atoms with Crippen molar-refractivity contribution >= 4 is 28.2 Å². The number of para-hydroxylation sites is 1. The van der Waals surface area contributed by atoms with E-state index in [2.05, 4.69) is 4.98 Å². The molecule has 0 saturated carbocycles. The van der Waals surface area contributed by atoms with E-state index >= 15 is 0 Å². The molecule has 0 fully saturated rings. The Bertz CT molecular complexity index is 850. The van der Waals surface area contributed by atoms with Gasteiger partial charge in [0.2, 0.25) is 0 Å². The van der Waals surface area contributed by atoms with Crippen molar-refractivity contribution < 1.29 is 4.79 Å². The van der Waals surface area contributed by atoms with Gasteiger partial charge in [-0.15, -0.1) is 0 Å². The first-order valence-corrected chi connectivity index (χ1v) is 7.01. The summed E-state index contributed by atoms with van der Waals surface area (Å²) in [6.45, 7) is 0.684. The molecule has 0 saturated heterocycles. The predicted octanol–water partition coefficient (Wildman–Crippen LogP) is 2.95. The lowest BCUT2D eigenvalue weighted by atomic mass is 10.1. The fourth-order valence-corrected chi connectivity index (χ4v) is 3.11. The van der Waals surface area contributed by atoms with Crippen LogP contribution < -0.4 is 10.6 Å². The molecule has 0 bridgehead atoms. The van der Waals surface area contributed by atoms with Gasteiger partial charge in [-0.2, -0.15) is 0 Å². The number of aromatic nitrogens is 1. The molecule has 0 radical (unpaired) electrons. The Balaban J connectivity index is 1.83. The van der Waals surface area contributed by atoms with Crippen LogP contribution in [0.1, 0.15) is 15.9 Å². The largest absolute Gasteiger partial charge is 0.397 e. The highest BCUT2D eigenvalue weighted by Gasteiger charge is 2.28. The number of aromatic amines is 1. The lowest BCUT2D eigenvalue weighted by Crippen LogP contribution is -2.29. The number of nitrogens with zero attached hydrogens (tertiary/aromatic N) is 1. The molecule has 21 heavy (non-hydrogen) atoms. The monoisotopic (exact) mass is 277 g/mol. The second-order valence-electron chi connectivity index (χ2n) is 5.31. The molecule has 1 amide bonds. The van der Waals surface area contributed by atoms with Crippen LogP contribution in [-0.4, -0.2) is 17.4 Å². The van der Waals surface area contributed by atoms with Gasteiger partial charge in [0.1, 0.15) is 0 Å². The Hall–Kier alpha value is -2.75. The molecule has 3 aromatic rings. The fraction of sp³-hybridized carbons (Fsp3) is 0.118. The SMILES string of the molecule is Nc1cccc2c1N(C(=O)c1cccc3[nH]ccc13)CC2. The summed E-state index contributed by atoms with van der Waals surface area (Å²) >= 11 is 0. The van der Waals surface area contributed by atoms with Gasteiger partial charge < -0.3 is 15.6 Å². The van der Waals surface area contributed by atoms with Gasteiger partial charge in [0, 0.05) is 29.2 Å². The molecule has 0 unspecified atom stereocenters. The Morgan fingerprint density at radius 3 is 2.90 bits per heavy atom. The van der Waals surface area contributed by atoms with E-state index in [1.165, 1.54) is 0 Å². The minimum absolute atomic E-state index is 0.0110. The first-order valence-electron chi connectivity index (χ1n) is 7.01. The first kappa shape index (κ1) is 12.0.